The molecule has 1 aliphatic rings. The van der Waals surface area contributed by atoms with Gasteiger partial charge in [-0.1, -0.05) is 0 Å². The van der Waals surface area contributed by atoms with Crippen molar-refractivity contribution >= 4 is 17.2 Å². The lowest BCUT2D eigenvalue weighted by molar-refractivity contribution is -0.121. The summed E-state index contributed by atoms with van der Waals surface area (Å²) in [5.41, 5.74) is 2.01. The average molecular weight is 346 g/mol. The Morgan fingerprint density at radius 3 is 2.88 bits per heavy atom. The minimum absolute atomic E-state index is 0.0870. The molecule has 1 aliphatic heterocycles. The van der Waals surface area contributed by atoms with E-state index in [1.165, 1.54) is 0 Å². The van der Waals surface area contributed by atoms with Crippen LogP contribution in [0.2, 0.25) is 0 Å². The van der Waals surface area contributed by atoms with Gasteiger partial charge in [0.15, 0.2) is 0 Å². The number of hydrogen-bond donors (Lipinski definition) is 1. The lowest BCUT2D eigenvalue weighted by Crippen LogP contribution is -2.41. The van der Waals surface area contributed by atoms with E-state index in [9.17, 15) is 4.79 Å². The van der Waals surface area contributed by atoms with Crippen molar-refractivity contribution in [1.82, 2.24) is 20.2 Å². The van der Waals surface area contributed by atoms with Crippen molar-refractivity contribution in [3.63, 3.8) is 0 Å². The largest absolute Gasteiger partial charge is 0.379 e. The van der Waals surface area contributed by atoms with Crippen LogP contribution >= 0.6 is 11.3 Å². The normalized spacial score (nSPS) is 15.3. The molecule has 1 amide bonds. The zero-order chi connectivity index (χ0) is 16.6. The van der Waals surface area contributed by atoms with Gasteiger partial charge in [0, 0.05) is 62.4 Å². The molecule has 0 aromatic carbocycles. The van der Waals surface area contributed by atoms with E-state index < -0.39 is 0 Å². The van der Waals surface area contributed by atoms with E-state index in [-0.39, 0.29) is 5.91 Å². The maximum atomic E-state index is 11.9. The summed E-state index contributed by atoms with van der Waals surface area (Å²) in [6.45, 7) is 5.06. The third kappa shape index (κ3) is 5.09. The molecular formula is C17H22N4O2S. The summed E-state index contributed by atoms with van der Waals surface area (Å²) < 4.78 is 5.31. The van der Waals surface area contributed by atoms with Crippen LogP contribution in [0.5, 0.6) is 0 Å². The summed E-state index contributed by atoms with van der Waals surface area (Å²) in [4.78, 5) is 22.9. The molecule has 3 heterocycles. The molecule has 1 N–H and O–H groups in total. The van der Waals surface area contributed by atoms with Gasteiger partial charge in [0.2, 0.25) is 5.91 Å². The molecule has 3 rings (SSSR count). The van der Waals surface area contributed by atoms with E-state index >= 15 is 0 Å². The van der Waals surface area contributed by atoms with Gasteiger partial charge in [0.1, 0.15) is 0 Å². The number of nitrogens with one attached hydrogen (secondary N) is 1. The summed E-state index contributed by atoms with van der Waals surface area (Å²) in [6.07, 6.45) is 4.68. The second-order valence-corrected chi connectivity index (χ2v) is 6.61. The van der Waals surface area contributed by atoms with Gasteiger partial charge in [-0.2, -0.15) is 0 Å². The van der Waals surface area contributed by atoms with Crippen LogP contribution in [0.3, 0.4) is 0 Å². The molecule has 0 spiro atoms. The Hall–Kier alpha value is -1.83. The monoisotopic (exact) mass is 346 g/mol. The number of hydrogen-bond acceptors (Lipinski definition) is 6. The van der Waals surface area contributed by atoms with E-state index in [0.717, 1.165) is 49.1 Å². The quantitative estimate of drug-likeness (QED) is 0.825. The third-order valence-electron chi connectivity index (χ3n) is 3.95. The molecule has 128 valence electrons. The van der Waals surface area contributed by atoms with E-state index in [4.69, 9.17) is 4.74 Å². The van der Waals surface area contributed by atoms with Crippen molar-refractivity contribution < 1.29 is 9.53 Å². The molecule has 24 heavy (non-hydrogen) atoms. The minimum atomic E-state index is 0.0870. The maximum absolute atomic E-state index is 11.9. The second kappa shape index (κ2) is 8.86. The van der Waals surface area contributed by atoms with E-state index in [1.807, 2.05) is 17.5 Å². The highest BCUT2D eigenvalue weighted by Crippen LogP contribution is 2.21. The summed E-state index contributed by atoms with van der Waals surface area (Å²) in [7, 11) is 0. The molecule has 6 nitrogen and oxygen atoms in total. The Labute approximate surface area is 145 Å². The maximum Gasteiger partial charge on any atom is 0.220 e. The van der Waals surface area contributed by atoms with Gasteiger partial charge in [-0.15, -0.1) is 11.3 Å². The Bertz CT molecular complexity index is 641. The zero-order valence-corrected chi connectivity index (χ0v) is 14.4. The van der Waals surface area contributed by atoms with E-state index in [1.54, 1.807) is 23.7 Å². The van der Waals surface area contributed by atoms with Gasteiger partial charge < -0.3 is 10.1 Å². The number of aromatic nitrogens is 2. The predicted octanol–water partition coefficient (Wildman–Crippen LogP) is 1.59. The second-order valence-electron chi connectivity index (χ2n) is 5.67. The smallest absolute Gasteiger partial charge is 0.220 e. The Morgan fingerprint density at radius 2 is 2.08 bits per heavy atom. The molecule has 1 fully saturated rings. The van der Waals surface area contributed by atoms with Crippen LogP contribution < -0.4 is 5.32 Å². The highest BCUT2D eigenvalue weighted by Gasteiger charge is 2.11. The summed E-state index contributed by atoms with van der Waals surface area (Å²) in [5.74, 6) is 0.0870. The Kier molecular flexibility index (Phi) is 6.28. The molecule has 1 saturated heterocycles. The van der Waals surface area contributed by atoms with Crippen LogP contribution in [0.25, 0.3) is 11.3 Å². The topological polar surface area (TPSA) is 67.4 Å². The number of ether oxygens (including phenoxy) is 1. The fourth-order valence-electron chi connectivity index (χ4n) is 2.57. The molecule has 2 aromatic rings. The molecule has 0 saturated carbocycles. The highest BCUT2D eigenvalue weighted by molar-refractivity contribution is 7.09. The molecule has 7 heteroatoms. The van der Waals surface area contributed by atoms with Gasteiger partial charge in [-0.3, -0.25) is 14.7 Å². The summed E-state index contributed by atoms with van der Waals surface area (Å²) in [5, 5.41) is 6.01. The number of nitrogens with zero attached hydrogens (tertiary/aromatic N) is 3. The first-order chi connectivity index (χ1) is 11.8. The molecule has 0 bridgehead atoms. The average Bonchev–Trinajstić information content (AvgIpc) is 3.11. The number of amides is 1. The van der Waals surface area contributed by atoms with Crippen LogP contribution in [0, 0.1) is 0 Å². The van der Waals surface area contributed by atoms with Gasteiger partial charge >= 0.3 is 0 Å². The number of rotatable bonds is 7. The van der Waals surface area contributed by atoms with Gasteiger partial charge in [-0.05, 0) is 12.1 Å². The lowest BCUT2D eigenvalue weighted by Gasteiger charge is -2.26. The van der Waals surface area contributed by atoms with Gasteiger partial charge in [0.05, 0.1) is 23.9 Å². The van der Waals surface area contributed by atoms with Crippen LogP contribution in [-0.4, -0.2) is 60.2 Å². The van der Waals surface area contributed by atoms with Gasteiger partial charge in [-0.25, -0.2) is 4.98 Å². The zero-order valence-electron chi connectivity index (χ0n) is 13.6. The van der Waals surface area contributed by atoms with Crippen molar-refractivity contribution in [2.45, 2.75) is 12.8 Å². The summed E-state index contributed by atoms with van der Waals surface area (Å²) >= 11 is 1.60. The summed E-state index contributed by atoms with van der Waals surface area (Å²) in [6, 6.07) is 3.88. The van der Waals surface area contributed by atoms with Crippen LogP contribution in [0.15, 0.2) is 29.9 Å². The van der Waals surface area contributed by atoms with Crippen molar-refractivity contribution in [1.29, 1.82) is 0 Å². The highest BCUT2D eigenvalue weighted by atomic mass is 32.1. The molecule has 0 aliphatic carbocycles. The fourth-order valence-corrected chi connectivity index (χ4v) is 3.38. The standard InChI is InChI=1S/C17H22N4O2S/c22-16(19-7-8-21-9-11-23-12-10-21)1-2-17-20-15(13-24-17)14-3-5-18-6-4-14/h3-6,13H,1-2,7-12H2,(H,19,22). The first kappa shape index (κ1) is 17.0. The van der Waals surface area contributed by atoms with E-state index in [0.29, 0.717) is 19.4 Å². The molecule has 0 radical (unpaired) electrons. The lowest BCUT2D eigenvalue weighted by atomic mass is 10.2. The number of aryl methyl sites for hydroxylation is 1. The first-order valence-electron chi connectivity index (χ1n) is 8.23. The Morgan fingerprint density at radius 1 is 1.29 bits per heavy atom. The van der Waals surface area contributed by atoms with Crippen molar-refractivity contribution in [3.05, 3.63) is 34.9 Å². The van der Waals surface area contributed by atoms with Crippen molar-refractivity contribution in [3.8, 4) is 11.3 Å². The van der Waals surface area contributed by atoms with Crippen LogP contribution in [0.1, 0.15) is 11.4 Å². The van der Waals surface area contributed by atoms with Crippen molar-refractivity contribution in [2.24, 2.45) is 0 Å². The van der Waals surface area contributed by atoms with Crippen LogP contribution in [0.4, 0.5) is 0 Å². The predicted molar refractivity (Wildman–Crippen MR) is 93.9 cm³/mol. The molecule has 0 unspecified atom stereocenters. The number of thiazole rings is 1. The third-order valence-corrected chi connectivity index (χ3v) is 4.86. The fraction of sp³-hybridized carbons (Fsp3) is 0.471. The van der Waals surface area contributed by atoms with Crippen molar-refractivity contribution in [2.75, 3.05) is 39.4 Å². The first-order valence-corrected chi connectivity index (χ1v) is 9.11. The number of pyridine rings is 1. The number of carbonyl (C=O) groups is 1. The van der Waals surface area contributed by atoms with E-state index in [2.05, 4.69) is 20.2 Å². The Balaban J connectivity index is 1.38. The SMILES string of the molecule is O=C(CCc1nc(-c2ccncc2)cs1)NCCN1CCOCC1. The van der Waals surface area contributed by atoms with Crippen LogP contribution in [-0.2, 0) is 16.0 Å². The van der Waals surface area contributed by atoms with Gasteiger partial charge in [0.25, 0.3) is 0 Å². The number of carbonyl (C=O) groups excluding carboxylic acids is 1. The molecular weight excluding hydrogens is 324 g/mol. The molecule has 0 atom stereocenters. The molecule has 2 aromatic heterocycles. The number of morpholine rings is 1. The minimum Gasteiger partial charge on any atom is -0.379 e.